The summed E-state index contributed by atoms with van der Waals surface area (Å²) in [6.07, 6.45) is 1.59. The lowest BCUT2D eigenvalue weighted by Crippen LogP contribution is -2.52. The molecule has 1 aromatic rings. The molecule has 10 heteroatoms. The number of nitrogens with one attached hydrogen (secondary N) is 1. The van der Waals surface area contributed by atoms with Crippen molar-refractivity contribution in [1.82, 2.24) is 9.88 Å². The van der Waals surface area contributed by atoms with E-state index in [0.29, 0.717) is 25.7 Å². The van der Waals surface area contributed by atoms with Crippen molar-refractivity contribution < 1.29 is 28.9 Å². The number of primary amides is 1. The summed E-state index contributed by atoms with van der Waals surface area (Å²) in [7, 11) is 0. The van der Waals surface area contributed by atoms with E-state index in [2.05, 4.69) is 10.3 Å². The Balaban J connectivity index is 2.10. The lowest BCUT2D eigenvalue weighted by molar-refractivity contribution is 0.0556. The van der Waals surface area contributed by atoms with Gasteiger partial charge in [0, 0.05) is 17.6 Å². The third kappa shape index (κ3) is 5.69. The van der Waals surface area contributed by atoms with Crippen LogP contribution in [0, 0.1) is 5.82 Å². The zero-order valence-corrected chi connectivity index (χ0v) is 16.9. The van der Waals surface area contributed by atoms with Gasteiger partial charge in [-0.1, -0.05) is 0 Å². The maximum Gasteiger partial charge on any atom is 0.407 e. The number of halogens is 1. The number of pyridine rings is 1. The number of aliphatic hydroxyl groups is 1. The summed E-state index contributed by atoms with van der Waals surface area (Å²) in [5, 5.41) is 21.5. The van der Waals surface area contributed by atoms with E-state index >= 15 is 0 Å². The number of rotatable bonds is 7. The highest BCUT2D eigenvalue weighted by Crippen LogP contribution is 2.31. The van der Waals surface area contributed by atoms with Crippen LogP contribution in [0.1, 0.15) is 56.8 Å². The van der Waals surface area contributed by atoms with Gasteiger partial charge >= 0.3 is 6.09 Å². The molecule has 0 spiro atoms. The summed E-state index contributed by atoms with van der Waals surface area (Å²) in [5.41, 5.74) is 4.52. The first kappa shape index (κ1) is 22.7. The third-order valence-corrected chi connectivity index (χ3v) is 4.87. The van der Waals surface area contributed by atoms with Crippen molar-refractivity contribution in [3.8, 4) is 5.88 Å². The quantitative estimate of drug-likeness (QED) is 0.538. The summed E-state index contributed by atoms with van der Waals surface area (Å²) < 4.78 is 19.6. The molecule has 0 bridgehead atoms. The fraction of sp³-hybridized carbons (Fsp3) is 0.632. The van der Waals surface area contributed by atoms with E-state index < -0.39 is 23.4 Å². The SMILES string of the molecule is CC(C)(C)N(C(=O)O)[C@H]1CC[C@H](Nc2nc(OCCO)c(C(N)=O)cc2F)CC1. The maximum atomic E-state index is 14.4. The van der Waals surface area contributed by atoms with Crippen LogP contribution in [0.5, 0.6) is 5.88 Å². The molecule has 0 unspecified atom stereocenters. The molecule has 0 saturated heterocycles. The van der Waals surface area contributed by atoms with Gasteiger partial charge in [-0.05, 0) is 52.5 Å². The van der Waals surface area contributed by atoms with Gasteiger partial charge in [0.1, 0.15) is 12.2 Å². The molecule has 0 aliphatic heterocycles. The molecule has 2 amide bonds. The van der Waals surface area contributed by atoms with E-state index in [1.807, 2.05) is 20.8 Å². The van der Waals surface area contributed by atoms with Crippen molar-refractivity contribution in [2.75, 3.05) is 18.5 Å². The highest BCUT2D eigenvalue weighted by Gasteiger charge is 2.35. The Morgan fingerprint density at radius 1 is 1.34 bits per heavy atom. The molecule has 1 aromatic heterocycles. The average molecular weight is 412 g/mol. The monoisotopic (exact) mass is 412 g/mol. The van der Waals surface area contributed by atoms with E-state index in [9.17, 15) is 19.1 Å². The van der Waals surface area contributed by atoms with Gasteiger partial charge in [0.2, 0.25) is 5.88 Å². The van der Waals surface area contributed by atoms with Crippen molar-refractivity contribution in [2.24, 2.45) is 5.73 Å². The molecule has 1 aliphatic rings. The van der Waals surface area contributed by atoms with E-state index in [-0.39, 0.29) is 42.6 Å². The summed E-state index contributed by atoms with van der Waals surface area (Å²) in [4.78, 5) is 28.6. The van der Waals surface area contributed by atoms with Gasteiger partial charge in [-0.15, -0.1) is 0 Å². The van der Waals surface area contributed by atoms with Gasteiger partial charge in [0.25, 0.3) is 5.91 Å². The van der Waals surface area contributed by atoms with Crippen LogP contribution < -0.4 is 15.8 Å². The summed E-state index contributed by atoms with van der Waals surface area (Å²) in [5.74, 6) is -1.84. The van der Waals surface area contributed by atoms with Crippen LogP contribution in [-0.2, 0) is 0 Å². The minimum absolute atomic E-state index is 0.0719. The van der Waals surface area contributed by atoms with Gasteiger partial charge in [-0.2, -0.15) is 4.98 Å². The van der Waals surface area contributed by atoms with Crippen LogP contribution in [0.15, 0.2) is 6.07 Å². The van der Waals surface area contributed by atoms with Crippen molar-refractivity contribution in [3.05, 3.63) is 17.4 Å². The van der Waals surface area contributed by atoms with Gasteiger partial charge in [-0.3, -0.25) is 4.79 Å². The fourth-order valence-corrected chi connectivity index (χ4v) is 3.66. The van der Waals surface area contributed by atoms with Crippen molar-refractivity contribution in [3.63, 3.8) is 0 Å². The molecule has 29 heavy (non-hydrogen) atoms. The minimum atomic E-state index is -0.950. The third-order valence-electron chi connectivity index (χ3n) is 4.87. The standard InChI is InChI=1S/C19H29FN4O5/c1-19(2,3)24(18(27)28)12-6-4-11(5-7-12)22-16-14(20)10-13(15(21)26)17(23-16)29-9-8-25/h10-12,25H,4-9H2,1-3H3,(H2,21,26)(H,22,23)(H,27,28)/t11-,12-. The Hall–Kier alpha value is -2.62. The van der Waals surface area contributed by atoms with Crippen LogP contribution in [0.2, 0.25) is 0 Å². The average Bonchev–Trinajstić information content (AvgIpc) is 2.61. The number of aromatic nitrogens is 1. The highest BCUT2D eigenvalue weighted by molar-refractivity contribution is 5.95. The molecule has 1 saturated carbocycles. The molecule has 5 N–H and O–H groups in total. The van der Waals surface area contributed by atoms with E-state index in [1.165, 1.54) is 4.90 Å². The summed E-state index contributed by atoms with van der Waals surface area (Å²) in [6.45, 7) is 5.18. The molecule has 1 heterocycles. The molecule has 0 aromatic carbocycles. The van der Waals surface area contributed by atoms with Gasteiger partial charge in [0.15, 0.2) is 11.6 Å². The number of ether oxygens (including phenoxy) is 1. The predicted octanol–water partition coefficient (Wildman–Crippen LogP) is 2.19. The number of nitrogens with two attached hydrogens (primary N) is 1. The molecule has 1 fully saturated rings. The van der Waals surface area contributed by atoms with Crippen LogP contribution >= 0.6 is 0 Å². The van der Waals surface area contributed by atoms with Gasteiger partial charge in [-0.25, -0.2) is 9.18 Å². The Kier molecular flexibility index (Phi) is 7.23. The van der Waals surface area contributed by atoms with Crippen LogP contribution in [-0.4, -0.2) is 62.9 Å². The summed E-state index contributed by atoms with van der Waals surface area (Å²) >= 11 is 0. The number of carbonyl (C=O) groups excluding carboxylic acids is 1. The normalized spacial score (nSPS) is 19.5. The number of aliphatic hydroxyl groups excluding tert-OH is 1. The lowest BCUT2D eigenvalue weighted by atomic mass is 9.88. The minimum Gasteiger partial charge on any atom is -0.475 e. The maximum absolute atomic E-state index is 14.4. The van der Waals surface area contributed by atoms with E-state index in [4.69, 9.17) is 15.6 Å². The Labute approximate surface area is 169 Å². The van der Waals surface area contributed by atoms with Gasteiger partial charge < -0.3 is 30.9 Å². The Bertz CT molecular complexity index is 745. The second kappa shape index (κ2) is 9.25. The largest absolute Gasteiger partial charge is 0.475 e. The second-order valence-electron chi connectivity index (χ2n) is 8.08. The first-order chi connectivity index (χ1) is 13.5. The molecule has 0 radical (unpaired) electrons. The molecular formula is C19H29FN4O5. The fourth-order valence-electron chi connectivity index (χ4n) is 3.66. The number of carboxylic acid groups (broad SMARTS) is 1. The topological polar surface area (TPSA) is 138 Å². The van der Waals surface area contributed by atoms with Crippen molar-refractivity contribution in [2.45, 2.75) is 64.1 Å². The van der Waals surface area contributed by atoms with Crippen molar-refractivity contribution >= 4 is 17.8 Å². The van der Waals surface area contributed by atoms with Gasteiger partial charge in [0.05, 0.1) is 6.61 Å². The Morgan fingerprint density at radius 2 is 1.97 bits per heavy atom. The zero-order chi connectivity index (χ0) is 21.8. The molecule has 0 atom stereocenters. The first-order valence-electron chi connectivity index (χ1n) is 9.57. The predicted molar refractivity (Wildman–Crippen MR) is 105 cm³/mol. The molecule has 2 rings (SSSR count). The molecule has 1 aliphatic carbocycles. The van der Waals surface area contributed by atoms with Crippen LogP contribution in [0.3, 0.4) is 0 Å². The number of amides is 2. The van der Waals surface area contributed by atoms with E-state index in [1.54, 1.807) is 0 Å². The molecule has 9 nitrogen and oxygen atoms in total. The highest BCUT2D eigenvalue weighted by atomic mass is 19.1. The number of nitrogens with zero attached hydrogens (tertiary/aromatic N) is 2. The van der Waals surface area contributed by atoms with Crippen molar-refractivity contribution in [1.29, 1.82) is 0 Å². The smallest absolute Gasteiger partial charge is 0.407 e. The number of hydrogen-bond donors (Lipinski definition) is 4. The van der Waals surface area contributed by atoms with Crippen LogP contribution in [0.4, 0.5) is 15.0 Å². The van der Waals surface area contributed by atoms with Crippen LogP contribution in [0.25, 0.3) is 0 Å². The number of anilines is 1. The molecular weight excluding hydrogens is 383 g/mol. The zero-order valence-electron chi connectivity index (χ0n) is 16.9. The number of carbonyl (C=O) groups is 2. The number of hydrogen-bond acceptors (Lipinski definition) is 6. The second-order valence-corrected chi connectivity index (χ2v) is 8.08. The molecule has 162 valence electrons. The lowest BCUT2D eigenvalue weighted by Gasteiger charge is -2.42. The van der Waals surface area contributed by atoms with E-state index in [0.717, 1.165) is 6.07 Å². The first-order valence-corrected chi connectivity index (χ1v) is 9.57. The Morgan fingerprint density at radius 3 is 2.45 bits per heavy atom. The summed E-state index contributed by atoms with van der Waals surface area (Å²) in [6, 6.07) is 0.750.